The van der Waals surface area contributed by atoms with E-state index in [4.69, 9.17) is 9.57 Å². The number of nitro benzene ring substituents is 1. The predicted molar refractivity (Wildman–Crippen MR) is 124 cm³/mol. The molecular weight excluding hydrogens is 541 g/mol. The SMILES string of the molecule is CC/C(C)=N\Oc1nc(NC(=O)NS(=O)(=O)c2ccc([N+](=O)[O-])cc2C(F)(F)F)nc(N2CCOCC2)n1. The first kappa shape index (κ1) is 28.4. The van der Waals surface area contributed by atoms with E-state index in [1.807, 2.05) is 12.2 Å². The summed E-state index contributed by atoms with van der Waals surface area (Å²) in [5.74, 6) is -0.455. The molecule has 1 aliphatic rings. The Morgan fingerprint density at radius 3 is 2.55 bits per heavy atom. The van der Waals surface area contributed by atoms with Crippen molar-refractivity contribution in [3.8, 4) is 6.01 Å². The van der Waals surface area contributed by atoms with Gasteiger partial charge in [-0.2, -0.15) is 28.1 Å². The smallest absolute Gasteiger partial charge is 0.378 e. The molecule has 3 rings (SSSR count). The Hall–Kier alpha value is -4.13. The van der Waals surface area contributed by atoms with Gasteiger partial charge in [-0.1, -0.05) is 12.1 Å². The van der Waals surface area contributed by atoms with Crippen molar-refractivity contribution in [3.63, 3.8) is 0 Å². The second-order valence-corrected chi connectivity index (χ2v) is 9.26. The first-order chi connectivity index (χ1) is 17.8. The maximum Gasteiger partial charge on any atom is 0.417 e. The number of rotatable bonds is 8. The lowest BCUT2D eigenvalue weighted by atomic mass is 10.2. The van der Waals surface area contributed by atoms with Crippen molar-refractivity contribution in [1.29, 1.82) is 0 Å². The van der Waals surface area contributed by atoms with Crippen LogP contribution in [0, 0.1) is 10.1 Å². The van der Waals surface area contributed by atoms with Crippen LogP contribution in [0.15, 0.2) is 28.3 Å². The number of nitrogens with zero attached hydrogens (tertiary/aromatic N) is 6. The van der Waals surface area contributed by atoms with Crippen LogP contribution in [-0.4, -0.2) is 66.3 Å². The number of hydrogen-bond acceptors (Lipinski definition) is 12. The zero-order valence-electron chi connectivity index (χ0n) is 19.9. The molecule has 0 unspecified atom stereocenters. The lowest BCUT2D eigenvalue weighted by Crippen LogP contribution is -2.38. The van der Waals surface area contributed by atoms with Crippen molar-refractivity contribution >= 4 is 39.4 Å². The molecule has 0 saturated carbocycles. The number of aromatic nitrogens is 3. The molecule has 1 aromatic carbocycles. The topological polar surface area (TPSA) is 191 Å². The van der Waals surface area contributed by atoms with Crippen molar-refractivity contribution in [2.24, 2.45) is 5.16 Å². The van der Waals surface area contributed by atoms with E-state index in [9.17, 15) is 36.5 Å². The maximum absolute atomic E-state index is 13.4. The van der Waals surface area contributed by atoms with Crippen LogP contribution in [0.1, 0.15) is 25.8 Å². The number of morpholine rings is 1. The Labute approximate surface area is 213 Å². The normalized spacial score (nSPS) is 14.7. The highest BCUT2D eigenvalue weighted by molar-refractivity contribution is 7.90. The largest absolute Gasteiger partial charge is 0.417 e. The van der Waals surface area contributed by atoms with Gasteiger partial charge in [0.1, 0.15) is 4.90 Å². The number of oxime groups is 1. The number of carbonyl (C=O) groups excluding carboxylic acids is 1. The van der Waals surface area contributed by atoms with E-state index in [2.05, 4.69) is 20.1 Å². The number of carbonyl (C=O) groups is 1. The van der Waals surface area contributed by atoms with Gasteiger partial charge in [0.25, 0.3) is 15.7 Å². The first-order valence-electron chi connectivity index (χ1n) is 10.8. The predicted octanol–water partition coefficient (Wildman–Crippen LogP) is 2.31. The van der Waals surface area contributed by atoms with Crippen LogP contribution in [0.3, 0.4) is 0 Å². The summed E-state index contributed by atoms with van der Waals surface area (Å²) in [6.07, 6.45) is -4.73. The number of alkyl halides is 3. The lowest BCUT2D eigenvalue weighted by Gasteiger charge is -2.26. The molecule has 0 spiro atoms. The summed E-state index contributed by atoms with van der Waals surface area (Å²) in [4.78, 5) is 39.6. The van der Waals surface area contributed by atoms with Gasteiger partial charge in [0.05, 0.1) is 29.4 Å². The first-order valence-corrected chi connectivity index (χ1v) is 12.3. The fraction of sp³-hybridized carbons (Fsp3) is 0.421. The Bertz CT molecular complexity index is 1350. The van der Waals surface area contributed by atoms with Gasteiger partial charge in [0.15, 0.2) is 0 Å². The number of urea groups is 1. The maximum atomic E-state index is 13.4. The summed E-state index contributed by atoms with van der Waals surface area (Å²) in [6, 6.07) is -0.882. The lowest BCUT2D eigenvalue weighted by molar-refractivity contribution is -0.385. The van der Waals surface area contributed by atoms with Crippen LogP contribution < -0.4 is 19.8 Å². The fourth-order valence-electron chi connectivity index (χ4n) is 2.92. The van der Waals surface area contributed by atoms with Gasteiger partial charge in [0.2, 0.25) is 11.9 Å². The number of amides is 2. The molecule has 2 amide bonds. The number of benzene rings is 1. The van der Waals surface area contributed by atoms with Crippen LogP contribution in [0.5, 0.6) is 6.01 Å². The highest BCUT2D eigenvalue weighted by Crippen LogP contribution is 2.36. The average molecular weight is 562 g/mol. The van der Waals surface area contributed by atoms with Crippen LogP contribution in [0.25, 0.3) is 0 Å². The Kier molecular flexibility index (Phi) is 8.61. The summed E-state index contributed by atoms with van der Waals surface area (Å²) in [5, 5.41) is 16.7. The molecule has 0 radical (unpaired) electrons. The minimum Gasteiger partial charge on any atom is -0.378 e. The quantitative estimate of drug-likeness (QED) is 0.273. The van der Waals surface area contributed by atoms with Gasteiger partial charge in [-0.3, -0.25) is 15.4 Å². The van der Waals surface area contributed by atoms with Crippen molar-refractivity contribution in [2.45, 2.75) is 31.3 Å². The van der Waals surface area contributed by atoms with E-state index in [1.54, 1.807) is 11.8 Å². The molecule has 2 aromatic rings. The molecule has 15 nitrogen and oxygen atoms in total. The Morgan fingerprint density at radius 2 is 1.95 bits per heavy atom. The number of halogens is 3. The van der Waals surface area contributed by atoms with E-state index in [-0.39, 0.29) is 18.0 Å². The number of ether oxygens (including phenoxy) is 1. The number of sulfonamides is 1. The number of hydrogen-bond donors (Lipinski definition) is 2. The van der Waals surface area contributed by atoms with Crippen LogP contribution in [0.2, 0.25) is 0 Å². The number of anilines is 2. The summed E-state index contributed by atoms with van der Waals surface area (Å²) >= 11 is 0. The van der Waals surface area contributed by atoms with Crippen LogP contribution in [-0.2, 0) is 20.9 Å². The molecule has 206 valence electrons. The minimum absolute atomic E-state index is 0.0375. The molecule has 0 atom stereocenters. The zero-order chi connectivity index (χ0) is 28.1. The Balaban J connectivity index is 1.89. The highest BCUT2D eigenvalue weighted by atomic mass is 32.2. The minimum atomic E-state index is -5.28. The van der Waals surface area contributed by atoms with Gasteiger partial charge in [-0.25, -0.2) is 17.9 Å². The van der Waals surface area contributed by atoms with E-state index in [0.29, 0.717) is 50.6 Å². The number of non-ortho nitro benzene ring substituents is 1. The molecular formula is C19H21F3N8O7S. The zero-order valence-corrected chi connectivity index (χ0v) is 20.7. The Morgan fingerprint density at radius 1 is 1.26 bits per heavy atom. The van der Waals surface area contributed by atoms with Gasteiger partial charge >= 0.3 is 18.2 Å². The van der Waals surface area contributed by atoms with E-state index in [0.717, 1.165) is 0 Å². The summed E-state index contributed by atoms with van der Waals surface area (Å²) in [5.41, 5.74) is -2.24. The van der Waals surface area contributed by atoms with Crippen molar-refractivity contribution in [2.75, 3.05) is 36.5 Å². The molecule has 2 heterocycles. The monoisotopic (exact) mass is 562 g/mol. The third-order valence-corrected chi connectivity index (χ3v) is 6.30. The van der Waals surface area contributed by atoms with Crippen molar-refractivity contribution in [3.05, 3.63) is 33.9 Å². The molecule has 38 heavy (non-hydrogen) atoms. The molecule has 19 heteroatoms. The van der Waals surface area contributed by atoms with Crippen LogP contribution in [0.4, 0.5) is 35.5 Å². The summed E-state index contributed by atoms with van der Waals surface area (Å²) in [7, 11) is -5.16. The molecule has 1 fully saturated rings. The molecule has 0 aliphatic carbocycles. The van der Waals surface area contributed by atoms with Gasteiger partial charge < -0.3 is 14.5 Å². The van der Waals surface area contributed by atoms with Gasteiger partial charge in [-0.15, -0.1) is 0 Å². The third kappa shape index (κ3) is 7.22. The number of nitro groups is 1. The standard InChI is InChI=1S/C19H21F3N8O7S/c1-3-11(2)27-37-18-25-15(23-16(26-18)29-6-8-36-9-7-29)24-17(31)28-38(34,35)14-5-4-12(30(32)33)10-13(14)19(20,21)22/h4-5,10H,3,6-9H2,1-2H3,(H2,23,24,25,26,28,31)/b27-11-. The summed E-state index contributed by atoms with van der Waals surface area (Å²) in [6.45, 7) is 4.96. The van der Waals surface area contributed by atoms with E-state index < -0.39 is 49.2 Å². The second kappa shape index (κ2) is 11.5. The summed E-state index contributed by atoms with van der Waals surface area (Å²) < 4.78 is 72.2. The number of nitrogens with one attached hydrogen (secondary N) is 2. The molecule has 1 aliphatic heterocycles. The highest BCUT2D eigenvalue weighted by Gasteiger charge is 2.39. The van der Waals surface area contributed by atoms with Gasteiger partial charge in [-0.05, 0) is 19.4 Å². The van der Waals surface area contributed by atoms with E-state index in [1.165, 1.54) is 4.72 Å². The van der Waals surface area contributed by atoms with E-state index >= 15 is 0 Å². The van der Waals surface area contributed by atoms with Crippen molar-refractivity contribution in [1.82, 2.24) is 19.7 Å². The molecule has 2 N–H and O–H groups in total. The molecule has 1 aromatic heterocycles. The molecule has 0 bridgehead atoms. The average Bonchev–Trinajstić information content (AvgIpc) is 2.86. The van der Waals surface area contributed by atoms with Gasteiger partial charge in [0, 0.05) is 25.2 Å². The fourth-order valence-corrected chi connectivity index (χ4v) is 4.04. The molecule has 1 saturated heterocycles. The van der Waals surface area contributed by atoms with Crippen LogP contribution >= 0.6 is 0 Å². The van der Waals surface area contributed by atoms with Crippen molar-refractivity contribution < 1.29 is 40.9 Å². The second-order valence-electron chi connectivity index (χ2n) is 7.61. The third-order valence-electron chi connectivity index (χ3n) is 4.91.